The van der Waals surface area contributed by atoms with Crippen LogP contribution in [0.25, 0.3) is 0 Å². The van der Waals surface area contributed by atoms with Gasteiger partial charge in [-0.05, 0) is 12.0 Å². The van der Waals surface area contributed by atoms with Crippen LogP contribution in [0.2, 0.25) is 0 Å². The maximum atomic E-state index is 12.2. The fraction of sp³-hybridized carbons (Fsp3) is 0.312. The molecule has 6 heteroatoms. The summed E-state index contributed by atoms with van der Waals surface area (Å²) in [4.78, 5) is 24.8. The number of rotatable bonds is 7. The summed E-state index contributed by atoms with van der Waals surface area (Å²) in [7, 11) is 1.35. The molecule has 1 aromatic rings. The van der Waals surface area contributed by atoms with Crippen molar-refractivity contribution in [1.82, 2.24) is 10.2 Å². The molecule has 1 unspecified atom stereocenters. The quantitative estimate of drug-likeness (QED) is 0.360. The molecule has 0 spiro atoms. The number of hydrogen-bond acceptors (Lipinski definition) is 4. The van der Waals surface area contributed by atoms with E-state index in [0.29, 0.717) is 6.42 Å². The Kier molecular flexibility index (Phi) is 7.20. The first kappa shape index (κ1) is 17.2. The van der Waals surface area contributed by atoms with Crippen molar-refractivity contribution in [2.45, 2.75) is 18.9 Å². The predicted octanol–water partition coefficient (Wildman–Crippen LogP) is 1.84. The summed E-state index contributed by atoms with van der Waals surface area (Å²) in [6.45, 7) is 3.72. The van der Waals surface area contributed by atoms with Crippen molar-refractivity contribution < 1.29 is 14.3 Å². The van der Waals surface area contributed by atoms with Crippen molar-refractivity contribution in [2.24, 2.45) is 0 Å². The summed E-state index contributed by atoms with van der Waals surface area (Å²) in [5, 5.41) is 11.3. The van der Waals surface area contributed by atoms with Crippen molar-refractivity contribution >= 4 is 12.0 Å². The van der Waals surface area contributed by atoms with Crippen LogP contribution in [0.5, 0.6) is 0 Å². The topological polar surface area (TPSA) is 82.4 Å². The number of nitrogens with zero attached hydrogens (tertiary/aromatic N) is 2. The van der Waals surface area contributed by atoms with E-state index in [-0.39, 0.29) is 13.0 Å². The second-order valence-electron chi connectivity index (χ2n) is 4.60. The number of benzene rings is 1. The molecule has 6 nitrogen and oxygen atoms in total. The Balaban J connectivity index is 2.74. The largest absolute Gasteiger partial charge is 0.449 e. The fourth-order valence-electron chi connectivity index (χ4n) is 1.75. The molecule has 1 N–H and O–H groups in total. The molecule has 0 heterocycles. The zero-order chi connectivity index (χ0) is 16.4. The maximum absolute atomic E-state index is 12.2. The third-order valence-electron chi connectivity index (χ3n) is 2.91. The number of nitriles is 1. The van der Waals surface area contributed by atoms with E-state index in [2.05, 4.69) is 11.9 Å². The molecule has 2 amide bonds. The lowest BCUT2D eigenvalue weighted by Gasteiger charge is -2.20. The number of nitrogens with one attached hydrogen (secondary N) is 1. The Morgan fingerprint density at radius 1 is 1.45 bits per heavy atom. The number of hydrogen-bond donors (Lipinski definition) is 1. The zero-order valence-corrected chi connectivity index (χ0v) is 12.5. The highest BCUT2D eigenvalue weighted by molar-refractivity contribution is 5.86. The van der Waals surface area contributed by atoms with Crippen molar-refractivity contribution in [3.05, 3.63) is 48.6 Å². The number of alkyl carbamates (subject to hydrolysis) is 1. The minimum absolute atomic E-state index is 0.190. The second kappa shape index (κ2) is 9.19. The summed E-state index contributed by atoms with van der Waals surface area (Å²) in [6, 6.07) is 8.37. The summed E-state index contributed by atoms with van der Waals surface area (Å²) in [6.07, 6.45) is 3.48. The van der Waals surface area contributed by atoms with Gasteiger partial charge in [-0.15, -0.1) is 6.58 Å². The molecule has 0 aromatic heterocycles. The lowest BCUT2D eigenvalue weighted by atomic mass is 10.1. The standard InChI is InChI=1S/C16H19N3O3/c1-3-4-10-22-16(21)18-14(15(20)19(2)12-17)11-13-8-6-5-7-9-13/h3,5-9,14H,1,4,10-11H2,2H3,(H,18,21). The maximum Gasteiger partial charge on any atom is 0.407 e. The van der Waals surface area contributed by atoms with Crippen molar-refractivity contribution in [3.8, 4) is 6.19 Å². The number of amides is 2. The molecular formula is C16H19N3O3. The fourth-order valence-corrected chi connectivity index (χ4v) is 1.75. The number of carbonyl (C=O) groups excluding carboxylic acids is 2. The summed E-state index contributed by atoms with van der Waals surface area (Å²) >= 11 is 0. The Hall–Kier alpha value is -2.81. The Morgan fingerprint density at radius 3 is 2.73 bits per heavy atom. The van der Waals surface area contributed by atoms with Crippen LogP contribution in [-0.2, 0) is 16.0 Å². The van der Waals surface area contributed by atoms with E-state index >= 15 is 0 Å². The Morgan fingerprint density at radius 2 is 2.14 bits per heavy atom. The molecule has 0 saturated heterocycles. The molecule has 0 fully saturated rings. The molecule has 0 radical (unpaired) electrons. The summed E-state index contributed by atoms with van der Waals surface area (Å²) < 4.78 is 4.94. The molecule has 22 heavy (non-hydrogen) atoms. The minimum Gasteiger partial charge on any atom is -0.449 e. The number of carbonyl (C=O) groups is 2. The number of ether oxygens (including phenoxy) is 1. The second-order valence-corrected chi connectivity index (χ2v) is 4.60. The molecule has 1 aromatic carbocycles. The van der Waals surface area contributed by atoms with Crippen LogP contribution in [0, 0.1) is 11.5 Å². The van der Waals surface area contributed by atoms with Gasteiger partial charge in [-0.1, -0.05) is 36.4 Å². The van der Waals surface area contributed by atoms with Gasteiger partial charge in [0.1, 0.15) is 6.04 Å². The van der Waals surface area contributed by atoms with E-state index in [0.717, 1.165) is 10.5 Å². The van der Waals surface area contributed by atoms with Gasteiger partial charge in [0.05, 0.1) is 6.61 Å². The van der Waals surface area contributed by atoms with Gasteiger partial charge >= 0.3 is 6.09 Å². The SMILES string of the molecule is C=CCCOC(=O)NC(Cc1ccccc1)C(=O)N(C)C#N. The van der Waals surface area contributed by atoms with E-state index in [4.69, 9.17) is 10.00 Å². The highest BCUT2D eigenvalue weighted by Crippen LogP contribution is 2.06. The van der Waals surface area contributed by atoms with Crippen LogP contribution in [0.3, 0.4) is 0 Å². The number of likely N-dealkylation sites (N-methyl/N-ethyl adjacent to an activating group) is 1. The van der Waals surface area contributed by atoms with E-state index in [1.807, 2.05) is 30.3 Å². The molecule has 0 aliphatic carbocycles. The molecule has 1 rings (SSSR count). The smallest absolute Gasteiger partial charge is 0.407 e. The van der Waals surface area contributed by atoms with Crippen LogP contribution >= 0.6 is 0 Å². The highest BCUT2D eigenvalue weighted by atomic mass is 16.5. The summed E-state index contributed by atoms with van der Waals surface area (Å²) in [5.41, 5.74) is 0.874. The molecule has 1 atom stereocenters. The third kappa shape index (κ3) is 5.67. The molecule has 116 valence electrons. The lowest BCUT2D eigenvalue weighted by Crippen LogP contribution is -2.47. The molecule has 0 bridgehead atoms. The Labute approximate surface area is 130 Å². The Bertz CT molecular complexity index is 552. The van der Waals surface area contributed by atoms with Gasteiger partial charge in [0.2, 0.25) is 0 Å². The van der Waals surface area contributed by atoms with Gasteiger partial charge in [0.25, 0.3) is 5.91 Å². The van der Waals surface area contributed by atoms with Gasteiger partial charge < -0.3 is 10.1 Å². The van der Waals surface area contributed by atoms with Crippen LogP contribution in [0.4, 0.5) is 4.79 Å². The first-order chi connectivity index (χ1) is 10.6. The van der Waals surface area contributed by atoms with Crippen molar-refractivity contribution in [2.75, 3.05) is 13.7 Å². The molecule has 0 aliphatic rings. The average Bonchev–Trinajstić information content (AvgIpc) is 2.54. The van der Waals surface area contributed by atoms with Gasteiger partial charge in [-0.25, -0.2) is 4.79 Å². The van der Waals surface area contributed by atoms with Gasteiger partial charge in [-0.2, -0.15) is 5.26 Å². The van der Waals surface area contributed by atoms with Crippen LogP contribution < -0.4 is 5.32 Å². The molecular weight excluding hydrogens is 282 g/mol. The predicted molar refractivity (Wildman–Crippen MR) is 81.6 cm³/mol. The van der Waals surface area contributed by atoms with Crippen LogP contribution in [-0.4, -0.2) is 36.6 Å². The van der Waals surface area contributed by atoms with Gasteiger partial charge in [0, 0.05) is 13.5 Å². The van der Waals surface area contributed by atoms with Crippen LogP contribution in [0.1, 0.15) is 12.0 Å². The third-order valence-corrected chi connectivity index (χ3v) is 2.91. The van der Waals surface area contributed by atoms with E-state index in [1.165, 1.54) is 7.05 Å². The average molecular weight is 301 g/mol. The molecule has 0 saturated carbocycles. The van der Waals surface area contributed by atoms with Crippen molar-refractivity contribution in [3.63, 3.8) is 0 Å². The first-order valence-electron chi connectivity index (χ1n) is 6.84. The van der Waals surface area contributed by atoms with Gasteiger partial charge in [0.15, 0.2) is 6.19 Å². The van der Waals surface area contributed by atoms with E-state index in [1.54, 1.807) is 12.3 Å². The van der Waals surface area contributed by atoms with Crippen LogP contribution in [0.15, 0.2) is 43.0 Å². The minimum atomic E-state index is -0.858. The highest BCUT2D eigenvalue weighted by Gasteiger charge is 2.25. The van der Waals surface area contributed by atoms with Gasteiger partial charge in [-0.3, -0.25) is 9.69 Å². The normalized spacial score (nSPS) is 10.9. The summed E-state index contributed by atoms with van der Waals surface area (Å²) in [5.74, 6) is -0.493. The first-order valence-corrected chi connectivity index (χ1v) is 6.84. The van der Waals surface area contributed by atoms with E-state index in [9.17, 15) is 9.59 Å². The van der Waals surface area contributed by atoms with Crippen molar-refractivity contribution in [1.29, 1.82) is 5.26 Å². The monoisotopic (exact) mass is 301 g/mol. The zero-order valence-electron chi connectivity index (χ0n) is 12.5. The molecule has 0 aliphatic heterocycles. The lowest BCUT2D eigenvalue weighted by molar-refractivity contribution is -0.129. The van der Waals surface area contributed by atoms with E-state index < -0.39 is 18.0 Å².